The molecule has 0 bridgehead atoms. The van der Waals surface area contributed by atoms with Crippen LogP contribution in [0.5, 0.6) is 0 Å². The molecule has 150 valence electrons. The van der Waals surface area contributed by atoms with Crippen LogP contribution in [-0.2, 0) is 4.79 Å². The number of hydrogen-bond acceptors (Lipinski definition) is 6. The van der Waals surface area contributed by atoms with Gasteiger partial charge < -0.3 is 4.98 Å². The van der Waals surface area contributed by atoms with Crippen LogP contribution in [0.15, 0.2) is 75.0 Å². The van der Waals surface area contributed by atoms with Crippen LogP contribution >= 0.6 is 23.1 Å². The number of fused-ring (bicyclic) bond motifs is 1. The van der Waals surface area contributed by atoms with Crippen LogP contribution < -0.4 is 11.0 Å². The number of thiophene rings is 1. The van der Waals surface area contributed by atoms with Crippen LogP contribution in [0, 0.1) is 6.92 Å². The van der Waals surface area contributed by atoms with Crippen molar-refractivity contribution in [3.8, 4) is 11.1 Å². The number of H-pyrrole nitrogens is 1. The van der Waals surface area contributed by atoms with Crippen LogP contribution in [0.1, 0.15) is 11.1 Å². The Hall–Kier alpha value is -3.23. The highest BCUT2D eigenvalue weighted by Crippen LogP contribution is 2.31. The molecule has 6 nitrogen and oxygen atoms in total. The Kier molecular flexibility index (Phi) is 6.06. The van der Waals surface area contributed by atoms with Crippen LogP contribution in [-0.4, -0.2) is 27.8 Å². The fourth-order valence-corrected chi connectivity index (χ4v) is 4.48. The summed E-state index contributed by atoms with van der Waals surface area (Å²) in [5, 5.41) is 6.87. The van der Waals surface area contributed by atoms with Crippen molar-refractivity contribution < 1.29 is 4.79 Å². The third-order valence-corrected chi connectivity index (χ3v) is 6.07. The molecule has 2 aromatic carbocycles. The highest BCUT2D eigenvalue weighted by molar-refractivity contribution is 7.99. The van der Waals surface area contributed by atoms with E-state index in [-0.39, 0.29) is 17.2 Å². The summed E-state index contributed by atoms with van der Waals surface area (Å²) in [4.78, 5) is 32.6. The van der Waals surface area contributed by atoms with Crippen molar-refractivity contribution >= 4 is 45.4 Å². The van der Waals surface area contributed by atoms with Crippen molar-refractivity contribution in [1.29, 1.82) is 0 Å². The van der Waals surface area contributed by atoms with Crippen LogP contribution in [0.2, 0.25) is 0 Å². The number of carbonyl (C=O) groups is 1. The van der Waals surface area contributed by atoms with Crippen molar-refractivity contribution in [2.24, 2.45) is 5.10 Å². The summed E-state index contributed by atoms with van der Waals surface area (Å²) >= 11 is 2.58. The quantitative estimate of drug-likeness (QED) is 0.206. The smallest absolute Gasteiger partial charge is 0.260 e. The first-order valence-electron chi connectivity index (χ1n) is 9.18. The molecule has 2 heterocycles. The topological polar surface area (TPSA) is 87.2 Å². The van der Waals surface area contributed by atoms with E-state index in [1.165, 1.54) is 11.3 Å². The first-order chi connectivity index (χ1) is 14.6. The highest BCUT2D eigenvalue weighted by Gasteiger charge is 2.13. The molecular weight excluding hydrogens is 416 g/mol. The highest BCUT2D eigenvalue weighted by atomic mass is 32.2. The predicted octanol–water partition coefficient (Wildman–Crippen LogP) is 4.20. The van der Waals surface area contributed by atoms with E-state index in [1.54, 1.807) is 6.21 Å². The van der Waals surface area contributed by atoms with Crippen LogP contribution in [0.25, 0.3) is 21.3 Å². The maximum absolute atomic E-state index is 12.6. The normalized spacial score (nSPS) is 11.2. The second-order valence-electron chi connectivity index (χ2n) is 6.56. The van der Waals surface area contributed by atoms with Gasteiger partial charge in [0.1, 0.15) is 4.83 Å². The Morgan fingerprint density at radius 3 is 2.73 bits per heavy atom. The third-order valence-electron chi connectivity index (χ3n) is 4.33. The van der Waals surface area contributed by atoms with Gasteiger partial charge in [-0.1, -0.05) is 71.9 Å². The molecule has 4 aromatic rings. The molecule has 0 aliphatic carbocycles. The Labute approximate surface area is 181 Å². The second kappa shape index (κ2) is 9.06. The zero-order valence-electron chi connectivity index (χ0n) is 16.1. The molecule has 8 heteroatoms. The summed E-state index contributed by atoms with van der Waals surface area (Å²) in [6.07, 6.45) is 1.59. The molecule has 0 radical (unpaired) electrons. The third kappa shape index (κ3) is 4.67. The van der Waals surface area contributed by atoms with E-state index in [1.807, 2.05) is 66.9 Å². The van der Waals surface area contributed by atoms with Gasteiger partial charge in [-0.2, -0.15) is 5.10 Å². The molecule has 0 aliphatic heterocycles. The lowest BCUT2D eigenvalue weighted by atomic mass is 10.1. The Balaban J connectivity index is 1.41. The number of aromatic nitrogens is 2. The molecule has 0 saturated heterocycles. The molecule has 0 aliphatic rings. The van der Waals surface area contributed by atoms with Gasteiger partial charge in [-0.25, -0.2) is 10.4 Å². The molecule has 1 amide bonds. The number of aromatic amines is 1. The maximum atomic E-state index is 12.6. The average Bonchev–Trinajstić information content (AvgIpc) is 3.19. The summed E-state index contributed by atoms with van der Waals surface area (Å²) in [7, 11) is 0. The lowest BCUT2D eigenvalue weighted by Crippen LogP contribution is -2.20. The number of amides is 1. The maximum Gasteiger partial charge on any atom is 0.260 e. The molecule has 30 heavy (non-hydrogen) atoms. The Bertz CT molecular complexity index is 1260. The average molecular weight is 435 g/mol. The number of benzene rings is 2. The van der Waals surface area contributed by atoms with E-state index in [4.69, 9.17) is 0 Å². The molecule has 0 spiro atoms. The van der Waals surface area contributed by atoms with E-state index in [0.29, 0.717) is 15.4 Å². The van der Waals surface area contributed by atoms with Gasteiger partial charge in [-0.3, -0.25) is 9.59 Å². The van der Waals surface area contributed by atoms with Crippen molar-refractivity contribution in [1.82, 2.24) is 15.4 Å². The second-order valence-corrected chi connectivity index (χ2v) is 8.38. The lowest BCUT2D eigenvalue weighted by molar-refractivity contribution is -0.118. The fraction of sp³-hybridized carbons (Fsp3) is 0.0909. The largest absolute Gasteiger partial charge is 0.301 e. The first-order valence-corrected chi connectivity index (χ1v) is 11.0. The van der Waals surface area contributed by atoms with Gasteiger partial charge >= 0.3 is 0 Å². The Morgan fingerprint density at radius 1 is 1.20 bits per heavy atom. The number of aryl methyl sites for hydroxylation is 1. The van der Waals surface area contributed by atoms with Crippen molar-refractivity contribution in [3.63, 3.8) is 0 Å². The predicted molar refractivity (Wildman–Crippen MR) is 123 cm³/mol. The van der Waals surface area contributed by atoms with Gasteiger partial charge in [0.15, 0.2) is 5.16 Å². The number of carbonyl (C=O) groups excluding carboxylic acids is 1. The van der Waals surface area contributed by atoms with Crippen LogP contribution in [0.3, 0.4) is 0 Å². The van der Waals surface area contributed by atoms with Gasteiger partial charge in [-0.05, 0) is 18.1 Å². The molecule has 4 rings (SSSR count). The van der Waals surface area contributed by atoms with E-state index in [2.05, 4.69) is 20.5 Å². The summed E-state index contributed by atoms with van der Waals surface area (Å²) in [6, 6.07) is 17.5. The van der Waals surface area contributed by atoms with Gasteiger partial charge in [0.25, 0.3) is 11.5 Å². The summed E-state index contributed by atoms with van der Waals surface area (Å²) in [6.45, 7) is 2.01. The van der Waals surface area contributed by atoms with E-state index in [0.717, 1.165) is 34.0 Å². The number of hydrogen-bond donors (Lipinski definition) is 2. The summed E-state index contributed by atoms with van der Waals surface area (Å²) in [5.74, 6) is -0.182. The summed E-state index contributed by atoms with van der Waals surface area (Å²) in [5.41, 5.74) is 6.18. The minimum Gasteiger partial charge on any atom is -0.301 e. The number of nitrogens with zero attached hydrogens (tertiary/aromatic N) is 2. The molecule has 2 N–H and O–H groups in total. The number of nitrogens with one attached hydrogen (secondary N) is 2. The standard InChI is InChI=1S/C22H18N4O2S2/c1-14-7-9-15(10-8-14)11-23-26-18(27)13-30-22-24-20(28)19-17(12-29-21(19)25-22)16-5-3-2-4-6-16/h2-12H,13H2,1H3,(H,26,27)(H,24,25,28)/b23-11+. The number of rotatable bonds is 6. The minimum atomic E-state index is -0.276. The molecule has 0 fully saturated rings. The van der Waals surface area contributed by atoms with Crippen molar-refractivity contribution in [2.75, 3.05) is 5.75 Å². The Morgan fingerprint density at radius 2 is 1.97 bits per heavy atom. The van der Waals surface area contributed by atoms with Crippen LogP contribution in [0.4, 0.5) is 0 Å². The molecule has 0 unspecified atom stereocenters. The monoisotopic (exact) mass is 434 g/mol. The molecule has 0 saturated carbocycles. The summed E-state index contributed by atoms with van der Waals surface area (Å²) < 4.78 is 0. The molecule has 2 aromatic heterocycles. The van der Waals surface area contributed by atoms with Gasteiger partial charge in [0, 0.05) is 10.9 Å². The van der Waals surface area contributed by atoms with Crippen molar-refractivity contribution in [3.05, 3.63) is 81.5 Å². The van der Waals surface area contributed by atoms with E-state index >= 15 is 0 Å². The van der Waals surface area contributed by atoms with Gasteiger partial charge in [0.2, 0.25) is 0 Å². The lowest BCUT2D eigenvalue weighted by Gasteiger charge is -2.02. The number of hydrazone groups is 1. The van der Waals surface area contributed by atoms with Crippen molar-refractivity contribution in [2.45, 2.75) is 12.1 Å². The SMILES string of the molecule is Cc1ccc(/C=N/NC(=O)CSc2nc3scc(-c4ccccc4)c3c(=O)[nH]2)cc1. The van der Waals surface area contributed by atoms with Gasteiger partial charge in [0.05, 0.1) is 17.4 Å². The minimum absolute atomic E-state index is 0.0939. The fourth-order valence-electron chi connectivity index (χ4n) is 2.83. The zero-order valence-corrected chi connectivity index (χ0v) is 17.7. The van der Waals surface area contributed by atoms with Gasteiger partial charge in [-0.15, -0.1) is 11.3 Å². The zero-order chi connectivity index (χ0) is 20.9. The molecular formula is C22H18N4O2S2. The van der Waals surface area contributed by atoms with E-state index in [9.17, 15) is 9.59 Å². The first kappa shape index (κ1) is 20.1. The number of thioether (sulfide) groups is 1. The molecule has 0 atom stereocenters. The van der Waals surface area contributed by atoms with E-state index < -0.39 is 0 Å².